The molecule has 0 radical (unpaired) electrons. The topological polar surface area (TPSA) is 86.5 Å². The van der Waals surface area contributed by atoms with E-state index in [1.54, 1.807) is 7.11 Å². The minimum absolute atomic E-state index is 0.292. The Morgan fingerprint density at radius 3 is 2.89 bits per heavy atom. The summed E-state index contributed by atoms with van der Waals surface area (Å²) in [6, 6.07) is 1.50. The summed E-state index contributed by atoms with van der Waals surface area (Å²) < 4.78 is 9.65. The van der Waals surface area contributed by atoms with Crippen LogP contribution in [0.3, 0.4) is 0 Å². The molecule has 0 saturated heterocycles. The van der Waals surface area contributed by atoms with E-state index in [1.165, 1.54) is 19.4 Å². The number of carbonyl (C=O) groups is 1. The SMILES string of the molecule is COCCCCNc1cnc(N)cc1C(=O)OC. The van der Waals surface area contributed by atoms with Crippen molar-refractivity contribution in [3.63, 3.8) is 0 Å². The first-order valence-electron chi connectivity index (χ1n) is 5.75. The summed E-state index contributed by atoms with van der Waals surface area (Å²) >= 11 is 0. The number of anilines is 2. The number of nitrogens with two attached hydrogens (primary N) is 1. The number of nitrogen functional groups attached to an aromatic ring is 1. The second-order valence-electron chi connectivity index (χ2n) is 3.77. The molecule has 0 bridgehead atoms. The fourth-order valence-electron chi connectivity index (χ4n) is 1.49. The highest BCUT2D eigenvalue weighted by molar-refractivity contribution is 5.96. The Kier molecular flexibility index (Phi) is 5.93. The zero-order chi connectivity index (χ0) is 13.4. The van der Waals surface area contributed by atoms with Crippen LogP contribution in [0.4, 0.5) is 11.5 Å². The first-order chi connectivity index (χ1) is 8.69. The Balaban J connectivity index is 2.61. The highest BCUT2D eigenvalue weighted by atomic mass is 16.5. The lowest BCUT2D eigenvalue weighted by atomic mass is 10.2. The van der Waals surface area contributed by atoms with Crippen molar-refractivity contribution in [3.8, 4) is 0 Å². The summed E-state index contributed by atoms with van der Waals surface area (Å²) in [4.78, 5) is 15.5. The van der Waals surface area contributed by atoms with Gasteiger partial charge in [0, 0.05) is 20.3 Å². The number of esters is 1. The minimum atomic E-state index is -0.427. The Bertz CT molecular complexity index is 396. The van der Waals surface area contributed by atoms with Gasteiger partial charge < -0.3 is 20.5 Å². The third kappa shape index (κ3) is 4.21. The molecule has 6 heteroatoms. The molecule has 0 unspecified atom stereocenters. The summed E-state index contributed by atoms with van der Waals surface area (Å²) in [6.07, 6.45) is 3.44. The molecule has 0 aliphatic rings. The van der Waals surface area contributed by atoms with E-state index in [2.05, 4.69) is 10.3 Å². The van der Waals surface area contributed by atoms with E-state index in [1.807, 2.05) is 0 Å². The van der Waals surface area contributed by atoms with Gasteiger partial charge in [-0.25, -0.2) is 9.78 Å². The highest BCUT2D eigenvalue weighted by Gasteiger charge is 2.12. The monoisotopic (exact) mass is 253 g/mol. The number of rotatable bonds is 7. The van der Waals surface area contributed by atoms with Crippen LogP contribution in [-0.2, 0) is 9.47 Å². The summed E-state index contributed by atoms with van der Waals surface area (Å²) in [5.41, 5.74) is 6.58. The number of hydrogen-bond donors (Lipinski definition) is 2. The number of unbranched alkanes of at least 4 members (excludes halogenated alkanes) is 1. The molecule has 18 heavy (non-hydrogen) atoms. The van der Waals surface area contributed by atoms with Crippen LogP contribution in [0.1, 0.15) is 23.2 Å². The number of methoxy groups -OCH3 is 2. The summed E-state index contributed by atoms with van der Waals surface area (Å²) in [5.74, 6) is -0.135. The number of ether oxygens (including phenoxy) is 2. The van der Waals surface area contributed by atoms with Crippen molar-refractivity contribution < 1.29 is 14.3 Å². The molecule has 0 aliphatic heterocycles. The predicted molar refractivity (Wildman–Crippen MR) is 69.6 cm³/mol. The van der Waals surface area contributed by atoms with Gasteiger partial charge in [-0.1, -0.05) is 0 Å². The molecule has 0 aliphatic carbocycles. The summed E-state index contributed by atoms with van der Waals surface area (Å²) in [6.45, 7) is 1.46. The van der Waals surface area contributed by atoms with Gasteiger partial charge in [0.05, 0.1) is 24.6 Å². The maximum atomic E-state index is 11.6. The van der Waals surface area contributed by atoms with Gasteiger partial charge in [0.2, 0.25) is 0 Å². The van der Waals surface area contributed by atoms with Crippen LogP contribution in [0.15, 0.2) is 12.3 Å². The lowest BCUT2D eigenvalue weighted by molar-refractivity contribution is 0.0601. The second kappa shape index (κ2) is 7.50. The van der Waals surface area contributed by atoms with Crippen LogP contribution in [-0.4, -0.2) is 38.3 Å². The molecule has 1 aromatic rings. The molecule has 6 nitrogen and oxygen atoms in total. The van der Waals surface area contributed by atoms with Gasteiger partial charge >= 0.3 is 5.97 Å². The Labute approximate surface area is 106 Å². The van der Waals surface area contributed by atoms with Gasteiger partial charge in [-0.3, -0.25) is 0 Å². The molecule has 3 N–H and O–H groups in total. The van der Waals surface area contributed by atoms with E-state index >= 15 is 0 Å². The largest absolute Gasteiger partial charge is 0.465 e. The maximum Gasteiger partial charge on any atom is 0.340 e. The summed E-state index contributed by atoms with van der Waals surface area (Å²) in [7, 11) is 3.01. The molecule has 0 fully saturated rings. The third-order valence-electron chi connectivity index (χ3n) is 2.42. The Morgan fingerprint density at radius 2 is 2.22 bits per heavy atom. The van der Waals surface area contributed by atoms with Crippen molar-refractivity contribution in [2.75, 3.05) is 38.4 Å². The molecule has 0 spiro atoms. The number of pyridine rings is 1. The molecule has 1 heterocycles. The van der Waals surface area contributed by atoms with Crippen molar-refractivity contribution in [2.24, 2.45) is 0 Å². The van der Waals surface area contributed by atoms with E-state index < -0.39 is 5.97 Å². The normalized spacial score (nSPS) is 10.1. The van der Waals surface area contributed by atoms with Crippen molar-refractivity contribution in [1.82, 2.24) is 4.98 Å². The maximum absolute atomic E-state index is 11.6. The molecule has 0 atom stereocenters. The molecule has 0 saturated carbocycles. The fraction of sp³-hybridized carbons (Fsp3) is 0.500. The third-order valence-corrected chi connectivity index (χ3v) is 2.42. The van der Waals surface area contributed by atoms with Gasteiger partial charge in [0.25, 0.3) is 0 Å². The fourth-order valence-corrected chi connectivity index (χ4v) is 1.49. The van der Waals surface area contributed by atoms with Crippen LogP contribution in [0.25, 0.3) is 0 Å². The average Bonchev–Trinajstić information content (AvgIpc) is 2.39. The standard InChI is InChI=1S/C12H19N3O3/c1-17-6-4-3-5-14-10-8-15-11(13)7-9(10)12(16)18-2/h7-8,14H,3-6H2,1-2H3,(H2,13,15). The molecule has 1 rings (SSSR count). The van der Waals surface area contributed by atoms with E-state index in [9.17, 15) is 4.79 Å². The number of hydrogen-bond acceptors (Lipinski definition) is 6. The van der Waals surface area contributed by atoms with Crippen LogP contribution in [0.5, 0.6) is 0 Å². The van der Waals surface area contributed by atoms with Gasteiger partial charge in [0.15, 0.2) is 0 Å². The summed E-state index contributed by atoms with van der Waals surface area (Å²) in [5, 5.41) is 3.14. The molecule has 1 aromatic heterocycles. The number of aromatic nitrogens is 1. The van der Waals surface area contributed by atoms with Crippen molar-refractivity contribution in [3.05, 3.63) is 17.8 Å². The van der Waals surface area contributed by atoms with Gasteiger partial charge in [0.1, 0.15) is 5.82 Å². The number of nitrogens with one attached hydrogen (secondary N) is 1. The quantitative estimate of drug-likeness (QED) is 0.562. The van der Waals surface area contributed by atoms with E-state index in [-0.39, 0.29) is 0 Å². The van der Waals surface area contributed by atoms with Crippen molar-refractivity contribution in [2.45, 2.75) is 12.8 Å². The van der Waals surface area contributed by atoms with Crippen molar-refractivity contribution >= 4 is 17.5 Å². The van der Waals surface area contributed by atoms with Crippen molar-refractivity contribution in [1.29, 1.82) is 0 Å². The van der Waals surface area contributed by atoms with E-state index in [0.717, 1.165) is 26.0 Å². The van der Waals surface area contributed by atoms with Gasteiger partial charge in [-0.2, -0.15) is 0 Å². The Morgan fingerprint density at radius 1 is 1.44 bits per heavy atom. The lowest BCUT2D eigenvalue weighted by Crippen LogP contribution is -2.11. The van der Waals surface area contributed by atoms with Crippen LogP contribution >= 0.6 is 0 Å². The molecule has 100 valence electrons. The Hall–Kier alpha value is -1.82. The van der Waals surface area contributed by atoms with Crippen LogP contribution in [0, 0.1) is 0 Å². The lowest BCUT2D eigenvalue weighted by Gasteiger charge is -2.10. The number of nitrogens with zero attached hydrogens (tertiary/aromatic N) is 1. The van der Waals surface area contributed by atoms with Gasteiger partial charge in [-0.05, 0) is 18.9 Å². The molecular weight excluding hydrogens is 234 g/mol. The van der Waals surface area contributed by atoms with Crippen LogP contribution in [0.2, 0.25) is 0 Å². The van der Waals surface area contributed by atoms with Gasteiger partial charge in [-0.15, -0.1) is 0 Å². The minimum Gasteiger partial charge on any atom is -0.465 e. The smallest absolute Gasteiger partial charge is 0.340 e. The predicted octanol–water partition coefficient (Wildman–Crippen LogP) is 1.29. The molecular formula is C12H19N3O3. The molecule has 0 amide bonds. The van der Waals surface area contributed by atoms with E-state index in [0.29, 0.717) is 17.1 Å². The van der Waals surface area contributed by atoms with Crippen LogP contribution < -0.4 is 11.1 Å². The first kappa shape index (κ1) is 14.2. The first-order valence-corrected chi connectivity index (χ1v) is 5.75. The van der Waals surface area contributed by atoms with E-state index in [4.69, 9.17) is 15.2 Å². The molecule has 0 aromatic carbocycles. The average molecular weight is 253 g/mol. The highest BCUT2D eigenvalue weighted by Crippen LogP contribution is 2.17. The number of carbonyl (C=O) groups excluding carboxylic acids is 1. The second-order valence-corrected chi connectivity index (χ2v) is 3.77. The zero-order valence-electron chi connectivity index (χ0n) is 10.7. The zero-order valence-corrected chi connectivity index (χ0v) is 10.7.